The molecule has 0 radical (unpaired) electrons. The summed E-state index contributed by atoms with van der Waals surface area (Å²) in [4.78, 5) is 11.8. The summed E-state index contributed by atoms with van der Waals surface area (Å²) in [7, 11) is -4.49. The largest absolute Gasteiger partial charge is 0.354 e. The van der Waals surface area contributed by atoms with E-state index >= 15 is 0 Å². The van der Waals surface area contributed by atoms with E-state index in [0.717, 1.165) is 4.31 Å². The maximum Gasteiger partial charge on any atom is 0.350 e. The van der Waals surface area contributed by atoms with Crippen LogP contribution in [0.15, 0.2) is 0 Å². The van der Waals surface area contributed by atoms with Crippen molar-refractivity contribution in [1.29, 1.82) is 0 Å². The molecule has 3 N–H and O–H groups in total. The van der Waals surface area contributed by atoms with Gasteiger partial charge in [-0.15, -0.1) is 12.4 Å². The van der Waals surface area contributed by atoms with Gasteiger partial charge in [-0.1, -0.05) is 13.8 Å². The molecule has 1 fully saturated rings. The van der Waals surface area contributed by atoms with Gasteiger partial charge in [-0.25, -0.2) is 8.42 Å². The number of nitrogens with one attached hydrogen (secondary N) is 1. The summed E-state index contributed by atoms with van der Waals surface area (Å²) in [6.45, 7) is 4.47. The van der Waals surface area contributed by atoms with Crippen LogP contribution in [0.4, 0.5) is 8.78 Å². The molecule has 1 heterocycles. The van der Waals surface area contributed by atoms with Crippen molar-refractivity contribution in [3.63, 3.8) is 0 Å². The van der Waals surface area contributed by atoms with Gasteiger partial charge in [0.1, 0.15) is 0 Å². The third-order valence-electron chi connectivity index (χ3n) is 3.79. The Bertz CT molecular complexity index is 469. The molecule has 1 saturated heterocycles. The molecule has 0 saturated carbocycles. The Labute approximate surface area is 142 Å². The number of carbonyl (C=O) groups is 1. The number of carbonyl (C=O) groups excluding carboxylic acids is 1. The van der Waals surface area contributed by atoms with Crippen LogP contribution < -0.4 is 11.1 Å². The van der Waals surface area contributed by atoms with E-state index in [2.05, 4.69) is 5.32 Å². The molecule has 1 aliphatic rings. The maximum atomic E-state index is 12.4. The predicted octanol–water partition coefficient (Wildman–Crippen LogP) is 1.16. The number of halogens is 3. The quantitative estimate of drug-likeness (QED) is 0.696. The molecule has 0 bridgehead atoms. The highest BCUT2D eigenvalue weighted by atomic mass is 35.5. The van der Waals surface area contributed by atoms with Crippen LogP contribution in [-0.4, -0.2) is 50.1 Å². The van der Waals surface area contributed by atoms with Gasteiger partial charge in [-0.3, -0.25) is 4.79 Å². The van der Waals surface area contributed by atoms with Crippen molar-refractivity contribution in [2.75, 3.05) is 19.6 Å². The van der Waals surface area contributed by atoms with Crippen molar-refractivity contribution in [2.45, 2.75) is 44.9 Å². The van der Waals surface area contributed by atoms with E-state index in [-0.39, 0.29) is 37.3 Å². The van der Waals surface area contributed by atoms with Crippen molar-refractivity contribution in [1.82, 2.24) is 9.62 Å². The highest BCUT2D eigenvalue weighted by Crippen LogP contribution is 2.22. The van der Waals surface area contributed by atoms with Gasteiger partial charge in [0, 0.05) is 19.6 Å². The van der Waals surface area contributed by atoms with Crippen molar-refractivity contribution in [2.24, 2.45) is 17.6 Å². The Morgan fingerprint density at radius 2 is 1.83 bits per heavy atom. The summed E-state index contributed by atoms with van der Waals surface area (Å²) >= 11 is 0. The van der Waals surface area contributed by atoms with Crippen molar-refractivity contribution < 1.29 is 22.0 Å². The van der Waals surface area contributed by atoms with Gasteiger partial charge in [-0.05, 0) is 31.1 Å². The number of nitrogens with zero attached hydrogens (tertiary/aromatic N) is 1. The van der Waals surface area contributed by atoms with Crippen LogP contribution in [0.25, 0.3) is 0 Å². The van der Waals surface area contributed by atoms with Gasteiger partial charge in [-0.2, -0.15) is 13.1 Å². The van der Waals surface area contributed by atoms with Crippen LogP contribution >= 0.6 is 12.4 Å². The SMILES string of the molecule is CC(C)C[C@H](N)C(=O)NCC1CCN(S(=O)(=O)C(F)F)CC1.Cl. The highest BCUT2D eigenvalue weighted by Gasteiger charge is 2.34. The average molecular weight is 378 g/mol. The highest BCUT2D eigenvalue weighted by molar-refractivity contribution is 7.89. The molecule has 6 nitrogen and oxygen atoms in total. The number of nitrogens with two attached hydrogens (primary N) is 1. The molecule has 0 spiro atoms. The van der Waals surface area contributed by atoms with E-state index in [0.29, 0.717) is 31.7 Å². The number of rotatable bonds is 7. The fourth-order valence-corrected chi connectivity index (χ4v) is 3.42. The molecule has 0 aromatic heterocycles. The van der Waals surface area contributed by atoms with Gasteiger partial charge in [0.2, 0.25) is 5.91 Å². The van der Waals surface area contributed by atoms with E-state index < -0.39 is 21.8 Å². The Morgan fingerprint density at radius 1 is 1.30 bits per heavy atom. The normalized spacial score (nSPS) is 18.7. The molecular formula is C13H26ClF2N3O3S. The Hall–Kier alpha value is -0.510. The second-order valence-electron chi connectivity index (χ2n) is 6.13. The van der Waals surface area contributed by atoms with Crippen LogP contribution in [0, 0.1) is 11.8 Å². The number of hydrogen-bond acceptors (Lipinski definition) is 4. The van der Waals surface area contributed by atoms with Gasteiger partial charge in [0.25, 0.3) is 10.0 Å². The Kier molecular flexibility index (Phi) is 9.49. The van der Waals surface area contributed by atoms with Crippen LogP contribution in [0.2, 0.25) is 0 Å². The lowest BCUT2D eigenvalue weighted by Gasteiger charge is -2.31. The first-order valence-electron chi connectivity index (χ1n) is 7.45. The monoisotopic (exact) mass is 377 g/mol. The average Bonchev–Trinajstić information content (AvgIpc) is 2.44. The summed E-state index contributed by atoms with van der Waals surface area (Å²) in [5, 5.41) is 2.75. The molecule has 1 atom stereocenters. The number of amides is 1. The van der Waals surface area contributed by atoms with Gasteiger partial charge < -0.3 is 11.1 Å². The first-order chi connectivity index (χ1) is 10.1. The van der Waals surface area contributed by atoms with Crippen LogP contribution in [-0.2, 0) is 14.8 Å². The smallest absolute Gasteiger partial charge is 0.350 e. The summed E-state index contributed by atoms with van der Waals surface area (Å²) < 4.78 is 48.4. The number of hydrogen-bond donors (Lipinski definition) is 2. The summed E-state index contributed by atoms with van der Waals surface area (Å²) in [6, 6.07) is -0.556. The minimum absolute atomic E-state index is 0. The Balaban J connectivity index is 0.00000484. The maximum absolute atomic E-state index is 12.4. The van der Waals surface area contributed by atoms with Crippen molar-refractivity contribution in [3.05, 3.63) is 0 Å². The standard InChI is InChI=1S/C13H25F2N3O3S.ClH/c1-9(2)7-11(16)12(19)17-8-10-3-5-18(6-4-10)22(20,21)13(14)15;/h9-11,13H,3-8,16H2,1-2H3,(H,17,19);1H/t11-;/m0./s1. The van der Waals surface area contributed by atoms with Gasteiger partial charge >= 0.3 is 5.76 Å². The molecule has 1 aliphatic heterocycles. The number of sulfonamides is 1. The predicted molar refractivity (Wildman–Crippen MR) is 86.9 cm³/mol. The number of piperidine rings is 1. The molecule has 0 unspecified atom stereocenters. The van der Waals surface area contributed by atoms with Gasteiger partial charge in [0.15, 0.2) is 0 Å². The minimum atomic E-state index is -4.49. The zero-order chi connectivity index (χ0) is 16.9. The molecule has 1 rings (SSSR count). The van der Waals surface area contributed by atoms with Crippen molar-refractivity contribution >= 4 is 28.3 Å². The van der Waals surface area contributed by atoms with Crippen molar-refractivity contribution in [3.8, 4) is 0 Å². The number of alkyl halides is 2. The van der Waals surface area contributed by atoms with Crippen LogP contribution in [0.5, 0.6) is 0 Å². The summed E-state index contributed by atoms with van der Waals surface area (Å²) in [5.41, 5.74) is 5.76. The molecule has 0 aliphatic carbocycles. The molecule has 0 aromatic carbocycles. The molecule has 10 heteroatoms. The third kappa shape index (κ3) is 6.86. The zero-order valence-corrected chi connectivity index (χ0v) is 15.0. The summed E-state index contributed by atoms with van der Waals surface area (Å²) in [5.74, 6) is -3.20. The van der Waals surface area contributed by atoms with E-state index in [9.17, 15) is 22.0 Å². The van der Waals surface area contributed by atoms with E-state index in [4.69, 9.17) is 5.73 Å². The van der Waals surface area contributed by atoms with E-state index in [1.165, 1.54) is 0 Å². The van der Waals surface area contributed by atoms with E-state index in [1.807, 2.05) is 13.8 Å². The minimum Gasteiger partial charge on any atom is -0.354 e. The van der Waals surface area contributed by atoms with Crippen LogP contribution in [0.3, 0.4) is 0 Å². The summed E-state index contributed by atoms with van der Waals surface area (Å²) in [6.07, 6.45) is 1.49. The fourth-order valence-electron chi connectivity index (χ4n) is 2.47. The third-order valence-corrected chi connectivity index (χ3v) is 5.32. The first-order valence-corrected chi connectivity index (χ1v) is 8.95. The Morgan fingerprint density at radius 3 is 2.26 bits per heavy atom. The first kappa shape index (κ1) is 22.5. The molecular weight excluding hydrogens is 352 g/mol. The fraction of sp³-hybridized carbons (Fsp3) is 0.923. The second kappa shape index (κ2) is 9.71. The van der Waals surface area contributed by atoms with E-state index in [1.54, 1.807) is 0 Å². The second-order valence-corrected chi connectivity index (χ2v) is 8.03. The van der Waals surface area contributed by atoms with Gasteiger partial charge in [0.05, 0.1) is 6.04 Å². The molecule has 0 aromatic rings. The van der Waals surface area contributed by atoms with Crippen LogP contribution in [0.1, 0.15) is 33.1 Å². The molecule has 23 heavy (non-hydrogen) atoms. The lowest BCUT2D eigenvalue weighted by Crippen LogP contribution is -2.46. The molecule has 138 valence electrons. The topological polar surface area (TPSA) is 92.5 Å². The lowest BCUT2D eigenvalue weighted by molar-refractivity contribution is -0.122. The zero-order valence-electron chi connectivity index (χ0n) is 13.4. The molecule has 1 amide bonds. The lowest BCUT2D eigenvalue weighted by atomic mass is 9.97.